The van der Waals surface area contributed by atoms with E-state index in [0.29, 0.717) is 35.0 Å². The monoisotopic (exact) mass is 527 g/mol. The number of nitrogens with zero attached hydrogens (tertiary/aromatic N) is 1. The number of carbonyl (C=O) groups excluding carboxylic acids is 1. The molecule has 1 aliphatic carbocycles. The lowest BCUT2D eigenvalue weighted by atomic mass is 9.89. The number of aromatic nitrogens is 1. The fourth-order valence-corrected chi connectivity index (χ4v) is 6.18. The minimum atomic E-state index is -4.94. The van der Waals surface area contributed by atoms with Crippen LogP contribution in [0.4, 0.5) is 13.2 Å². The van der Waals surface area contributed by atoms with Gasteiger partial charge < -0.3 is 14.0 Å². The highest BCUT2D eigenvalue weighted by molar-refractivity contribution is 7.85. The smallest absolute Gasteiger partial charge is 0.462 e. The lowest BCUT2D eigenvalue weighted by Gasteiger charge is -2.24. The zero-order valence-electron chi connectivity index (χ0n) is 21.7. The predicted octanol–water partition coefficient (Wildman–Crippen LogP) is 7.27. The second-order valence-corrected chi connectivity index (χ2v) is 12.0. The number of hydrogen-bond acceptors (Lipinski definition) is 4. The van der Waals surface area contributed by atoms with Crippen molar-refractivity contribution in [3.8, 4) is 17.0 Å². The van der Waals surface area contributed by atoms with Gasteiger partial charge in [0.1, 0.15) is 5.75 Å². The average molecular weight is 528 g/mol. The van der Waals surface area contributed by atoms with Crippen LogP contribution in [0.5, 0.6) is 5.75 Å². The second kappa shape index (κ2) is 11.4. The van der Waals surface area contributed by atoms with Crippen molar-refractivity contribution in [3.05, 3.63) is 35.5 Å². The van der Waals surface area contributed by atoms with Gasteiger partial charge in [-0.25, -0.2) is 4.79 Å². The molecule has 1 heterocycles. The van der Waals surface area contributed by atoms with Crippen molar-refractivity contribution in [1.82, 2.24) is 4.57 Å². The molecule has 36 heavy (non-hydrogen) atoms. The predicted molar refractivity (Wildman–Crippen MR) is 135 cm³/mol. The van der Waals surface area contributed by atoms with E-state index < -0.39 is 28.9 Å². The number of halogens is 3. The molecule has 0 bridgehead atoms. The number of hydrogen-bond donors (Lipinski definition) is 0. The van der Waals surface area contributed by atoms with Gasteiger partial charge in [0.25, 0.3) is 0 Å². The molecule has 3 rings (SSSR count). The Bertz CT molecular complexity index is 1100. The van der Waals surface area contributed by atoms with Crippen molar-refractivity contribution < 1.29 is 31.6 Å². The molecule has 0 saturated heterocycles. The molecule has 1 aromatic carbocycles. The lowest BCUT2D eigenvalue weighted by molar-refractivity contribution is -0.275. The molecule has 0 amide bonds. The van der Waals surface area contributed by atoms with Crippen LogP contribution in [0, 0.1) is 18.3 Å². The van der Waals surface area contributed by atoms with E-state index in [1.165, 1.54) is 18.6 Å². The number of alkyl halides is 3. The topological polar surface area (TPSA) is 57.5 Å². The van der Waals surface area contributed by atoms with Gasteiger partial charge in [0.05, 0.1) is 27.9 Å². The Hall–Kier alpha value is -2.29. The molecule has 1 atom stereocenters. The van der Waals surface area contributed by atoms with Gasteiger partial charge >= 0.3 is 12.3 Å². The third kappa shape index (κ3) is 7.37. The largest absolute Gasteiger partial charge is 0.573 e. The van der Waals surface area contributed by atoms with Gasteiger partial charge in [0.15, 0.2) is 0 Å². The van der Waals surface area contributed by atoms with Crippen molar-refractivity contribution in [2.75, 3.05) is 12.4 Å². The maximum atomic E-state index is 13.3. The number of benzene rings is 1. The minimum Gasteiger partial charge on any atom is -0.462 e. The summed E-state index contributed by atoms with van der Waals surface area (Å²) in [7, 11) is -1.69. The minimum absolute atomic E-state index is 0.00118. The van der Waals surface area contributed by atoms with Crippen LogP contribution in [0.25, 0.3) is 11.3 Å². The number of rotatable bonds is 8. The van der Waals surface area contributed by atoms with Crippen LogP contribution in [0.15, 0.2) is 29.2 Å². The molecule has 1 aliphatic rings. The third-order valence-corrected chi connectivity index (χ3v) is 8.26. The van der Waals surface area contributed by atoms with Crippen molar-refractivity contribution in [1.29, 1.82) is 0 Å². The Balaban J connectivity index is 2.10. The number of ether oxygens (including phenoxy) is 2. The van der Waals surface area contributed by atoms with Crippen LogP contribution < -0.4 is 4.74 Å². The SMILES string of the molecule is CCOC(=O)c1cc(-c2ccc(S(=O)CC(C)(C)C)c(OC(F)(F)F)c2)n(CC2CCCCC2)c1C. The van der Waals surface area contributed by atoms with Crippen molar-refractivity contribution in [2.45, 2.75) is 84.5 Å². The van der Waals surface area contributed by atoms with Crippen molar-refractivity contribution >= 4 is 16.8 Å². The highest BCUT2D eigenvalue weighted by atomic mass is 32.2. The van der Waals surface area contributed by atoms with E-state index in [2.05, 4.69) is 4.74 Å². The van der Waals surface area contributed by atoms with Gasteiger partial charge in [0.2, 0.25) is 0 Å². The van der Waals surface area contributed by atoms with Crippen LogP contribution in [0.2, 0.25) is 0 Å². The molecule has 0 aliphatic heterocycles. The Labute approximate surface area is 213 Å². The third-order valence-electron chi connectivity index (χ3n) is 6.30. The molecule has 0 radical (unpaired) electrons. The van der Waals surface area contributed by atoms with E-state index in [4.69, 9.17) is 4.74 Å². The maximum absolute atomic E-state index is 13.3. The standard InChI is InChI=1S/C27H36F3NO4S/c1-6-34-25(32)21-15-22(31(18(21)2)16-19-10-8-7-9-11-19)20-12-13-24(36(33)17-26(3,4)5)23(14-20)35-27(28,29)30/h12-15,19H,6-11,16-17H2,1-5H3. The number of carbonyl (C=O) groups is 1. The molecule has 1 unspecified atom stereocenters. The fraction of sp³-hybridized carbons (Fsp3) is 0.593. The summed E-state index contributed by atoms with van der Waals surface area (Å²) in [4.78, 5) is 12.6. The first-order valence-corrected chi connectivity index (χ1v) is 13.8. The summed E-state index contributed by atoms with van der Waals surface area (Å²) in [6.45, 7) is 10.1. The van der Waals surface area contributed by atoms with E-state index in [1.54, 1.807) is 19.1 Å². The lowest BCUT2D eigenvalue weighted by Crippen LogP contribution is -2.21. The molecule has 0 N–H and O–H groups in total. The highest BCUT2D eigenvalue weighted by Gasteiger charge is 2.34. The number of esters is 1. The van der Waals surface area contributed by atoms with Crippen molar-refractivity contribution in [2.24, 2.45) is 11.3 Å². The van der Waals surface area contributed by atoms with E-state index in [-0.39, 0.29) is 22.7 Å². The summed E-state index contributed by atoms with van der Waals surface area (Å²) in [6, 6.07) is 6.05. The normalized spacial score (nSPS) is 16.1. The zero-order chi connectivity index (χ0) is 26.7. The first-order chi connectivity index (χ1) is 16.8. The molecule has 1 fully saturated rings. The van der Waals surface area contributed by atoms with E-state index in [0.717, 1.165) is 25.7 Å². The van der Waals surface area contributed by atoms with E-state index in [9.17, 15) is 22.2 Å². The summed E-state index contributed by atoms with van der Waals surface area (Å²) in [5, 5.41) is 0. The first-order valence-electron chi connectivity index (χ1n) is 12.4. The van der Waals surface area contributed by atoms with Crippen LogP contribution >= 0.6 is 0 Å². The zero-order valence-corrected chi connectivity index (χ0v) is 22.5. The van der Waals surface area contributed by atoms with Crippen LogP contribution in [0.3, 0.4) is 0 Å². The second-order valence-electron chi connectivity index (χ2n) is 10.6. The molecular weight excluding hydrogens is 491 g/mol. The summed E-state index contributed by atoms with van der Waals surface area (Å²) in [5.74, 6) is -0.343. The molecule has 200 valence electrons. The fourth-order valence-electron chi connectivity index (χ4n) is 4.69. The summed E-state index contributed by atoms with van der Waals surface area (Å²) in [6.07, 6.45) is 0.687. The van der Waals surface area contributed by atoms with Crippen molar-refractivity contribution in [3.63, 3.8) is 0 Å². The summed E-state index contributed by atoms with van der Waals surface area (Å²) in [5.41, 5.74) is 1.83. The van der Waals surface area contributed by atoms with E-state index in [1.807, 2.05) is 32.3 Å². The Morgan fingerprint density at radius 1 is 1.11 bits per heavy atom. The molecule has 1 saturated carbocycles. The van der Waals surface area contributed by atoms with Gasteiger partial charge in [-0.3, -0.25) is 4.21 Å². The molecule has 0 spiro atoms. The van der Waals surface area contributed by atoms with Gasteiger partial charge in [-0.1, -0.05) is 46.1 Å². The van der Waals surface area contributed by atoms with Crippen LogP contribution in [-0.4, -0.2) is 33.5 Å². The molecular formula is C27H36F3NO4S. The molecule has 1 aromatic heterocycles. The molecule has 5 nitrogen and oxygen atoms in total. The Morgan fingerprint density at radius 2 is 1.78 bits per heavy atom. The Kier molecular flexibility index (Phi) is 8.96. The first kappa shape index (κ1) is 28.3. The maximum Gasteiger partial charge on any atom is 0.573 e. The van der Waals surface area contributed by atoms with Crippen LogP contribution in [0.1, 0.15) is 75.9 Å². The summed E-state index contributed by atoms with van der Waals surface area (Å²) < 4.78 is 64.5. The van der Waals surface area contributed by atoms with Gasteiger partial charge in [-0.05, 0) is 56.2 Å². The van der Waals surface area contributed by atoms with Crippen LogP contribution in [-0.2, 0) is 22.1 Å². The van der Waals surface area contributed by atoms with Gasteiger partial charge in [-0.2, -0.15) is 0 Å². The average Bonchev–Trinajstić information content (AvgIpc) is 3.08. The highest BCUT2D eigenvalue weighted by Crippen LogP contribution is 2.37. The van der Waals surface area contributed by atoms with Gasteiger partial charge in [0, 0.05) is 29.2 Å². The van der Waals surface area contributed by atoms with Gasteiger partial charge in [-0.15, -0.1) is 13.2 Å². The summed E-state index contributed by atoms with van der Waals surface area (Å²) >= 11 is 0. The Morgan fingerprint density at radius 3 is 2.36 bits per heavy atom. The quantitative estimate of drug-likeness (QED) is 0.339. The molecule has 9 heteroatoms. The molecule has 2 aromatic rings. The van der Waals surface area contributed by atoms with E-state index >= 15 is 0 Å².